The first kappa shape index (κ1) is 12.6. The second-order valence-electron chi connectivity index (χ2n) is 3.13. The molecule has 1 unspecified atom stereocenters. The van der Waals surface area contributed by atoms with E-state index in [0.717, 1.165) is 0 Å². The van der Waals surface area contributed by atoms with E-state index in [1.54, 1.807) is 0 Å². The fourth-order valence-corrected chi connectivity index (χ4v) is 2.39. The molecule has 0 aliphatic rings. The molecule has 0 aromatic carbocycles. The molecule has 2 heteroatoms. The number of hydrogen-bond acceptors (Lipinski definition) is 1. The maximum Gasteiger partial charge on any atom is 0.0788 e. The lowest BCUT2D eigenvalue weighted by Crippen LogP contribution is -1.93. The van der Waals surface area contributed by atoms with Crippen molar-refractivity contribution in [2.24, 2.45) is 0 Å². The maximum atomic E-state index is 6.10. The summed E-state index contributed by atoms with van der Waals surface area (Å²) in [4.78, 5) is 0. The van der Waals surface area contributed by atoms with Crippen LogP contribution < -0.4 is 0 Å². The summed E-state index contributed by atoms with van der Waals surface area (Å²) in [6.07, 6.45) is 7.70. The van der Waals surface area contributed by atoms with Crippen LogP contribution in [0.1, 0.15) is 52.4 Å². The Morgan fingerprint density at radius 2 is 1.75 bits per heavy atom. The van der Waals surface area contributed by atoms with E-state index in [4.69, 9.17) is 11.6 Å². The van der Waals surface area contributed by atoms with Gasteiger partial charge >= 0.3 is 0 Å². The van der Waals surface area contributed by atoms with Gasteiger partial charge in [-0.25, -0.2) is 0 Å². The molecule has 0 saturated carbocycles. The van der Waals surface area contributed by atoms with E-state index in [9.17, 15) is 0 Å². The molecule has 0 N–H and O–H groups in total. The maximum absolute atomic E-state index is 6.10. The molecule has 0 bridgehead atoms. The van der Waals surface area contributed by atoms with Crippen molar-refractivity contribution in [1.29, 1.82) is 0 Å². The van der Waals surface area contributed by atoms with Crippen LogP contribution in [0.5, 0.6) is 0 Å². The van der Waals surface area contributed by atoms with E-state index < -0.39 is 0 Å². The minimum Gasteiger partial charge on any atom is -0.142 e. The largest absolute Gasteiger partial charge is 0.142 e. The molecule has 0 saturated heterocycles. The van der Waals surface area contributed by atoms with Crippen LogP contribution in [0, 0.1) is 0 Å². The number of rotatable bonds is 8. The summed E-state index contributed by atoms with van der Waals surface area (Å²) in [5.41, 5.74) is 0. The highest BCUT2D eigenvalue weighted by Gasteiger charge is 2.02. The van der Waals surface area contributed by atoms with Gasteiger partial charge in [-0.2, -0.15) is 0 Å². The average Bonchev–Trinajstić information content (AvgIpc) is 2.09. The van der Waals surface area contributed by atoms with Crippen LogP contribution >= 0.6 is 23.4 Å². The van der Waals surface area contributed by atoms with E-state index in [2.05, 4.69) is 13.8 Å². The van der Waals surface area contributed by atoms with Crippen LogP contribution in [0.15, 0.2) is 0 Å². The Labute approximate surface area is 86.5 Å². The first-order valence-corrected chi connectivity index (χ1v) is 6.55. The standard InChI is InChI=1S/C10H21ClS/c1-3-5-7-9-12-10(11)8-6-4-2/h10H,3-9H2,1-2H3. The van der Waals surface area contributed by atoms with Crippen LogP contribution in [0.2, 0.25) is 0 Å². The summed E-state index contributed by atoms with van der Waals surface area (Å²) in [5, 5.41) is 0. The molecule has 0 amide bonds. The van der Waals surface area contributed by atoms with E-state index in [1.165, 1.54) is 44.3 Å². The lowest BCUT2D eigenvalue weighted by atomic mass is 10.3. The quantitative estimate of drug-likeness (QED) is 0.413. The van der Waals surface area contributed by atoms with Gasteiger partial charge in [0.1, 0.15) is 0 Å². The van der Waals surface area contributed by atoms with E-state index in [1.807, 2.05) is 11.8 Å². The Hall–Kier alpha value is 0.640. The van der Waals surface area contributed by atoms with E-state index in [0.29, 0.717) is 4.71 Å². The van der Waals surface area contributed by atoms with Crippen molar-refractivity contribution in [3.05, 3.63) is 0 Å². The summed E-state index contributed by atoms with van der Waals surface area (Å²) in [7, 11) is 0. The van der Waals surface area contributed by atoms with Crippen molar-refractivity contribution in [3.8, 4) is 0 Å². The molecule has 0 rings (SSSR count). The van der Waals surface area contributed by atoms with Crippen molar-refractivity contribution in [3.63, 3.8) is 0 Å². The SMILES string of the molecule is CCCCCSC(Cl)CCCC. The van der Waals surface area contributed by atoms with Gasteiger partial charge in [0.15, 0.2) is 0 Å². The smallest absolute Gasteiger partial charge is 0.0788 e. The van der Waals surface area contributed by atoms with E-state index >= 15 is 0 Å². The average molecular weight is 209 g/mol. The molecule has 0 spiro atoms. The monoisotopic (exact) mass is 208 g/mol. The molecule has 0 aliphatic carbocycles. The number of unbranched alkanes of at least 4 members (excludes halogenated alkanes) is 3. The van der Waals surface area contributed by atoms with Crippen LogP contribution in [0.4, 0.5) is 0 Å². The fourth-order valence-electron chi connectivity index (χ4n) is 1.01. The summed E-state index contributed by atoms with van der Waals surface area (Å²) >= 11 is 8.02. The number of hydrogen-bond donors (Lipinski definition) is 0. The molecule has 0 heterocycles. The number of thioether (sulfide) groups is 1. The van der Waals surface area contributed by atoms with Crippen LogP contribution in [-0.2, 0) is 0 Å². The third-order valence-electron chi connectivity index (χ3n) is 1.83. The first-order chi connectivity index (χ1) is 5.81. The molecule has 0 aromatic heterocycles. The predicted molar refractivity (Wildman–Crippen MR) is 61.1 cm³/mol. The molecule has 1 atom stereocenters. The Bertz CT molecular complexity index is 85.9. The zero-order valence-electron chi connectivity index (χ0n) is 8.31. The van der Waals surface area contributed by atoms with Crippen molar-refractivity contribution in [2.45, 2.75) is 57.1 Å². The highest BCUT2D eigenvalue weighted by atomic mass is 35.5. The molecular weight excluding hydrogens is 188 g/mol. The topological polar surface area (TPSA) is 0 Å². The van der Waals surface area contributed by atoms with Gasteiger partial charge < -0.3 is 0 Å². The molecule has 0 nitrogen and oxygen atoms in total. The lowest BCUT2D eigenvalue weighted by molar-refractivity contribution is 0.754. The molecule has 0 aliphatic heterocycles. The zero-order chi connectivity index (χ0) is 9.23. The Kier molecular flexibility index (Phi) is 10.2. The van der Waals surface area contributed by atoms with Gasteiger partial charge in [0.05, 0.1) is 4.71 Å². The Balaban J connectivity index is 3.02. The third-order valence-corrected chi connectivity index (χ3v) is 3.55. The van der Waals surface area contributed by atoms with Gasteiger partial charge in [0.25, 0.3) is 0 Å². The summed E-state index contributed by atoms with van der Waals surface area (Å²) in [6.45, 7) is 4.45. The van der Waals surface area contributed by atoms with Gasteiger partial charge in [0.2, 0.25) is 0 Å². The molecule has 0 fully saturated rings. The fraction of sp³-hybridized carbons (Fsp3) is 1.00. The lowest BCUT2D eigenvalue weighted by Gasteiger charge is -2.07. The molecule has 12 heavy (non-hydrogen) atoms. The number of halogens is 1. The van der Waals surface area contributed by atoms with Gasteiger partial charge in [-0.1, -0.05) is 39.5 Å². The third kappa shape index (κ3) is 8.73. The Morgan fingerprint density at radius 1 is 1.08 bits per heavy atom. The van der Waals surface area contributed by atoms with Crippen molar-refractivity contribution < 1.29 is 0 Å². The number of alkyl halides is 1. The second-order valence-corrected chi connectivity index (χ2v) is 5.23. The van der Waals surface area contributed by atoms with Gasteiger partial charge in [-0.05, 0) is 18.6 Å². The van der Waals surface area contributed by atoms with Crippen LogP contribution in [-0.4, -0.2) is 10.5 Å². The minimum atomic E-state index is 0.363. The van der Waals surface area contributed by atoms with Crippen molar-refractivity contribution >= 4 is 23.4 Å². The molecule has 74 valence electrons. The molecular formula is C10H21ClS. The van der Waals surface area contributed by atoms with Gasteiger partial charge in [-0.15, -0.1) is 23.4 Å². The second kappa shape index (κ2) is 9.73. The Morgan fingerprint density at radius 3 is 2.33 bits per heavy atom. The zero-order valence-corrected chi connectivity index (χ0v) is 9.89. The normalized spacial score (nSPS) is 13.2. The van der Waals surface area contributed by atoms with Crippen LogP contribution in [0.3, 0.4) is 0 Å². The van der Waals surface area contributed by atoms with E-state index in [-0.39, 0.29) is 0 Å². The minimum absolute atomic E-state index is 0.363. The summed E-state index contributed by atoms with van der Waals surface area (Å²) in [6, 6.07) is 0. The van der Waals surface area contributed by atoms with Gasteiger partial charge in [0, 0.05) is 0 Å². The first-order valence-electron chi connectivity index (χ1n) is 5.07. The molecule has 0 aromatic rings. The van der Waals surface area contributed by atoms with Crippen molar-refractivity contribution in [2.75, 3.05) is 5.75 Å². The van der Waals surface area contributed by atoms with Crippen LogP contribution in [0.25, 0.3) is 0 Å². The highest BCUT2D eigenvalue weighted by molar-refractivity contribution is 8.01. The summed E-state index contributed by atoms with van der Waals surface area (Å²) < 4.78 is 0.363. The molecule has 0 radical (unpaired) electrons. The predicted octanol–water partition coefficient (Wildman–Crippen LogP) is 4.66. The highest BCUT2D eigenvalue weighted by Crippen LogP contribution is 2.22. The van der Waals surface area contributed by atoms with Crippen molar-refractivity contribution in [1.82, 2.24) is 0 Å². The van der Waals surface area contributed by atoms with Gasteiger partial charge in [-0.3, -0.25) is 0 Å². The summed E-state index contributed by atoms with van der Waals surface area (Å²) in [5.74, 6) is 1.24.